The third-order valence-electron chi connectivity index (χ3n) is 3.25. The summed E-state index contributed by atoms with van der Waals surface area (Å²) in [7, 11) is 0. The van der Waals surface area contributed by atoms with Gasteiger partial charge in [0.15, 0.2) is 0 Å². The van der Waals surface area contributed by atoms with Gasteiger partial charge < -0.3 is 0 Å². The number of aryl methyl sites for hydroxylation is 2. The van der Waals surface area contributed by atoms with Gasteiger partial charge in [0, 0.05) is 17.5 Å². The lowest BCUT2D eigenvalue weighted by Gasteiger charge is -2.03. The van der Waals surface area contributed by atoms with Crippen molar-refractivity contribution in [1.29, 1.82) is 0 Å². The molecule has 21 heavy (non-hydrogen) atoms. The number of pyridine rings is 1. The second-order valence-corrected chi connectivity index (χ2v) is 5.92. The number of halogens is 1. The second-order valence-electron chi connectivity index (χ2n) is 4.83. The summed E-state index contributed by atoms with van der Waals surface area (Å²) in [4.78, 5) is 10.1. The molecule has 0 fully saturated rings. The number of aromatic nitrogens is 2. The highest BCUT2D eigenvalue weighted by Gasteiger charge is 2.14. The molecule has 0 bridgehead atoms. The van der Waals surface area contributed by atoms with Crippen LogP contribution in [0, 0.1) is 12.7 Å². The first-order chi connectivity index (χ1) is 10.2. The molecule has 0 atom stereocenters. The van der Waals surface area contributed by atoms with Gasteiger partial charge in [-0.1, -0.05) is 6.92 Å². The zero-order valence-electron chi connectivity index (χ0n) is 11.9. The van der Waals surface area contributed by atoms with Crippen LogP contribution in [0.1, 0.15) is 17.6 Å². The molecule has 0 spiro atoms. The average molecular weight is 298 g/mol. The number of nitrogens with zero attached hydrogens (tertiary/aromatic N) is 2. The lowest BCUT2D eigenvalue weighted by atomic mass is 10.1. The minimum Gasteiger partial charge on any atom is -0.262 e. The number of hydrogen-bond acceptors (Lipinski definition) is 3. The molecule has 1 aromatic carbocycles. The molecule has 0 radical (unpaired) electrons. The summed E-state index contributed by atoms with van der Waals surface area (Å²) in [5.41, 5.74) is 3.95. The van der Waals surface area contributed by atoms with Gasteiger partial charge >= 0.3 is 0 Å². The molecule has 3 aromatic rings. The van der Waals surface area contributed by atoms with Crippen molar-refractivity contribution in [3.05, 3.63) is 59.1 Å². The third-order valence-corrected chi connectivity index (χ3v) is 4.50. The Morgan fingerprint density at radius 2 is 1.86 bits per heavy atom. The monoisotopic (exact) mass is 298 g/mol. The van der Waals surface area contributed by atoms with Crippen LogP contribution in [0.2, 0.25) is 0 Å². The Bertz CT molecular complexity index is 763. The van der Waals surface area contributed by atoms with E-state index in [2.05, 4.69) is 18.0 Å². The molecule has 4 heteroatoms. The Kier molecular flexibility index (Phi) is 3.80. The Hall–Kier alpha value is -2.07. The van der Waals surface area contributed by atoms with Gasteiger partial charge in [0.05, 0.1) is 15.6 Å². The summed E-state index contributed by atoms with van der Waals surface area (Å²) in [6.07, 6.45) is 2.70. The SMILES string of the molecule is CCc1nc(-c2ccc(F)cc2)c(-c2ccnc(C)c2)s1. The number of rotatable bonds is 3. The first-order valence-corrected chi connectivity index (χ1v) is 7.67. The topological polar surface area (TPSA) is 25.8 Å². The van der Waals surface area contributed by atoms with Crippen molar-refractivity contribution in [1.82, 2.24) is 9.97 Å². The zero-order valence-corrected chi connectivity index (χ0v) is 12.7. The molecule has 0 saturated carbocycles. The number of hydrogen-bond donors (Lipinski definition) is 0. The van der Waals surface area contributed by atoms with Gasteiger partial charge in [0.2, 0.25) is 0 Å². The van der Waals surface area contributed by atoms with E-state index in [-0.39, 0.29) is 5.82 Å². The number of benzene rings is 1. The summed E-state index contributed by atoms with van der Waals surface area (Å²) in [5, 5.41) is 1.08. The van der Waals surface area contributed by atoms with Gasteiger partial charge in [0.1, 0.15) is 5.82 Å². The molecule has 106 valence electrons. The van der Waals surface area contributed by atoms with Crippen molar-refractivity contribution in [3.63, 3.8) is 0 Å². The molecule has 2 aromatic heterocycles. The Morgan fingerprint density at radius 3 is 2.52 bits per heavy atom. The molecule has 0 unspecified atom stereocenters. The van der Waals surface area contributed by atoms with Crippen LogP contribution in [0.3, 0.4) is 0 Å². The lowest BCUT2D eigenvalue weighted by Crippen LogP contribution is -1.85. The van der Waals surface area contributed by atoms with E-state index in [1.807, 2.05) is 19.2 Å². The van der Waals surface area contributed by atoms with E-state index in [1.165, 1.54) is 12.1 Å². The third kappa shape index (κ3) is 2.85. The molecule has 0 aliphatic carbocycles. The van der Waals surface area contributed by atoms with Gasteiger partial charge in [-0.15, -0.1) is 11.3 Å². The average Bonchev–Trinajstić information content (AvgIpc) is 2.92. The van der Waals surface area contributed by atoms with Crippen molar-refractivity contribution in [2.45, 2.75) is 20.3 Å². The molecular formula is C17H15FN2S. The molecular weight excluding hydrogens is 283 g/mol. The van der Waals surface area contributed by atoms with Crippen LogP contribution in [-0.4, -0.2) is 9.97 Å². The fourth-order valence-electron chi connectivity index (χ4n) is 2.20. The maximum atomic E-state index is 13.1. The second kappa shape index (κ2) is 5.74. The predicted octanol–water partition coefficient (Wildman–Crippen LogP) is 4.88. The van der Waals surface area contributed by atoms with Crippen LogP contribution in [0.15, 0.2) is 42.6 Å². The normalized spacial score (nSPS) is 10.8. The van der Waals surface area contributed by atoms with Crippen LogP contribution in [-0.2, 0) is 6.42 Å². The molecule has 2 heterocycles. The maximum absolute atomic E-state index is 13.1. The molecule has 0 aliphatic rings. The first-order valence-electron chi connectivity index (χ1n) is 6.86. The minimum atomic E-state index is -0.231. The van der Waals surface area contributed by atoms with Crippen LogP contribution in [0.5, 0.6) is 0 Å². The van der Waals surface area contributed by atoms with Gasteiger partial charge in [-0.25, -0.2) is 9.37 Å². The Labute approximate surface area is 127 Å². The van der Waals surface area contributed by atoms with Crippen LogP contribution in [0.25, 0.3) is 21.7 Å². The van der Waals surface area contributed by atoms with E-state index in [0.717, 1.165) is 38.8 Å². The Morgan fingerprint density at radius 1 is 1.10 bits per heavy atom. The summed E-state index contributed by atoms with van der Waals surface area (Å²) in [6.45, 7) is 4.07. The van der Waals surface area contributed by atoms with E-state index in [0.29, 0.717) is 0 Å². The summed E-state index contributed by atoms with van der Waals surface area (Å²) < 4.78 is 13.1. The van der Waals surface area contributed by atoms with Crippen LogP contribution >= 0.6 is 11.3 Å². The highest BCUT2D eigenvalue weighted by molar-refractivity contribution is 7.15. The first kappa shape index (κ1) is 13.9. The quantitative estimate of drug-likeness (QED) is 0.688. The minimum absolute atomic E-state index is 0.231. The molecule has 0 saturated heterocycles. The molecule has 2 nitrogen and oxygen atoms in total. The summed E-state index contributed by atoms with van der Waals surface area (Å²) in [5.74, 6) is -0.231. The summed E-state index contributed by atoms with van der Waals surface area (Å²) in [6, 6.07) is 10.6. The maximum Gasteiger partial charge on any atom is 0.123 e. The van der Waals surface area contributed by atoms with Gasteiger partial charge in [0.25, 0.3) is 0 Å². The predicted molar refractivity (Wildman–Crippen MR) is 84.9 cm³/mol. The van der Waals surface area contributed by atoms with E-state index < -0.39 is 0 Å². The van der Waals surface area contributed by atoms with E-state index in [1.54, 1.807) is 23.5 Å². The van der Waals surface area contributed by atoms with Crippen molar-refractivity contribution in [2.24, 2.45) is 0 Å². The fourth-order valence-corrected chi connectivity index (χ4v) is 3.22. The molecule has 0 aliphatic heterocycles. The lowest BCUT2D eigenvalue weighted by molar-refractivity contribution is 0.628. The summed E-state index contributed by atoms with van der Waals surface area (Å²) >= 11 is 1.69. The van der Waals surface area contributed by atoms with E-state index >= 15 is 0 Å². The fraction of sp³-hybridized carbons (Fsp3) is 0.176. The number of thiazole rings is 1. The van der Waals surface area contributed by atoms with Crippen molar-refractivity contribution in [3.8, 4) is 21.7 Å². The molecule has 0 N–H and O–H groups in total. The highest BCUT2D eigenvalue weighted by Crippen LogP contribution is 2.37. The van der Waals surface area contributed by atoms with Crippen molar-refractivity contribution >= 4 is 11.3 Å². The smallest absolute Gasteiger partial charge is 0.123 e. The van der Waals surface area contributed by atoms with Gasteiger partial charge in [-0.3, -0.25) is 4.98 Å². The van der Waals surface area contributed by atoms with Gasteiger partial charge in [-0.2, -0.15) is 0 Å². The van der Waals surface area contributed by atoms with Crippen LogP contribution in [0.4, 0.5) is 4.39 Å². The van der Waals surface area contributed by atoms with E-state index in [4.69, 9.17) is 4.98 Å². The largest absolute Gasteiger partial charge is 0.262 e. The Balaban J connectivity index is 2.16. The van der Waals surface area contributed by atoms with Crippen molar-refractivity contribution in [2.75, 3.05) is 0 Å². The molecule has 3 rings (SSSR count). The highest BCUT2D eigenvalue weighted by atomic mass is 32.1. The standard InChI is InChI=1S/C17H15FN2S/c1-3-15-20-16(12-4-6-14(18)7-5-12)17(21-15)13-8-9-19-11(2)10-13/h4-10H,3H2,1-2H3. The van der Waals surface area contributed by atoms with E-state index in [9.17, 15) is 4.39 Å². The van der Waals surface area contributed by atoms with Crippen molar-refractivity contribution < 1.29 is 4.39 Å². The van der Waals surface area contributed by atoms with Gasteiger partial charge in [-0.05, 0) is 55.3 Å². The zero-order chi connectivity index (χ0) is 14.8. The molecule has 0 amide bonds. The van der Waals surface area contributed by atoms with Crippen LogP contribution < -0.4 is 0 Å².